The molecule has 1 aromatic heterocycles. The maximum absolute atomic E-state index is 5.28. The van der Waals surface area contributed by atoms with Gasteiger partial charge in [0, 0.05) is 23.9 Å². The molecule has 21 heavy (non-hydrogen) atoms. The largest absolute Gasteiger partial charge is 0.261 e. The number of hydrogen-bond acceptors (Lipinski definition) is 1. The van der Waals surface area contributed by atoms with Crippen LogP contribution in [0.1, 0.15) is 62.8 Å². The Morgan fingerprint density at radius 1 is 1.33 bits per heavy atom. The van der Waals surface area contributed by atoms with Crippen LogP contribution in [0.2, 0.25) is 0 Å². The first-order valence-electron chi connectivity index (χ1n) is 8.03. The minimum atomic E-state index is 0.522. The van der Waals surface area contributed by atoms with Crippen molar-refractivity contribution < 1.29 is 0 Å². The second-order valence-electron chi connectivity index (χ2n) is 6.23. The molecule has 1 heteroatoms. The monoisotopic (exact) mass is 280 g/mol. The van der Waals surface area contributed by atoms with Crippen molar-refractivity contribution in [3.8, 4) is 12.3 Å². The van der Waals surface area contributed by atoms with Crippen LogP contribution >= 0.6 is 0 Å². The highest BCUT2D eigenvalue weighted by atomic mass is 14.7. The van der Waals surface area contributed by atoms with E-state index >= 15 is 0 Å². The minimum absolute atomic E-state index is 0.522. The molecule has 1 aliphatic carbocycles. The zero-order chi connectivity index (χ0) is 15.2. The highest BCUT2D eigenvalue weighted by Crippen LogP contribution is 2.34. The van der Waals surface area contributed by atoms with Gasteiger partial charge in [0.05, 0.1) is 0 Å². The molecule has 0 amide bonds. The fourth-order valence-electron chi connectivity index (χ4n) is 3.17. The SMILES string of the molecule is C#CCCCC([CH2])CCCc1nccc2c1C(C)=C(C)C2. The lowest BCUT2D eigenvalue weighted by atomic mass is 9.95. The van der Waals surface area contributed by atoms with Crippen LogP contribution in [0.25, 0.3) is 5.57 Å². The number of aromatic nitrogens is 1. The zero-order valence-corrected chi connectivity index (χ0v) is 13.4. The van der Waals surface area contributed by atoms with Gasteiger partial charge in [-0.15, -0.1) is 12.3 Å². The molecule has 0 saturated carbocycles. The Hall–Kier alpha value is -1.55. The van der Waals surface area contributed by atoms with Gasteiger partial charge in [0.15, 0.2) is 0 Å². The quantitative estimate of drug-likeness (QED) is 0.505. The first-order valence-corrected chi connectivity index (χ1v) is 8.03. The molecule has 0 aromatic carbocycles. The van der Waals surface area contributed by atoms with E-state index in [-0.39, 0.29) is 0 Å². The summed E-state index contributed by atoms with van der Waals surface area (Å²) >= 11 is 0. The number of terminal acetylenes is 1. The molecule has 2 rings (SSSR count). The molecule has 0 bridgehead atoms. The number of hydrogen-bond donors (Lipinski definition) is 0. The Kier molecular flexibility index (Phi) is 5.62. The molecule has 0 aliphatic heterocycles. The molecule has 1 aromatic rings. The summed E-state index contributed by atoms with van der Waals surface area (Å²) < 4.78 is 0. The van der Waals surface area contributed by atoms with Crippen molar-refractivity contribution in [1.29, 1.82) is 0 Å². The van der Waals surface area contributed by atoms with Gasteiger partial charge >= 0.3 is 0 Å². The van der Waals surface area contributed by atoms with E-state index in [0.717, 1.165) is 38.5 Å². The Morgan fingerprint density at radius 3 is 2.86 bits per heavy atom. The Labute approximate surface area is 129 Å². The van der Waals surface area contributed by atoms with E-state index in [1.807, 2.05) is 6.20 Å². The van der Waals surface area contributed by atoms with Crippen molar-refractivity contribution in [2.45, 2.75) is 58.8 Å². The molecule has 1 aliphatic rings. The molecule has 1 nitrogen and oxygen atoms in total. The molecular formula is C20H26N. The van der Waals surface area contributed by atoms with E-state index in [4.69, 9.17) is 6.42 Å². The molecule has 1 atom stereocenters. The van der Waals surface area contributed by atoms with Gasteiger partial charge in [-0.05, 0) is 69.1 Å². The van der Waals surface area contributed by atoms with Crippen LogP contribution in [0.3, 0.4) is 0 Å². The number of rotatable bonds is 7. The second kappa shape index (κ2) is 7.46. The van der Waals surface area contributed by atoms with Crippen molar-refractivity contribution in [1.82, 2.24) is 4.98 Å². The number of fused-ring (bicyclic) bond motifs is 1. The van der Waals surface area contributed by atoms with E-state index in [2.05, 4.69) is 37.7 Å². The van der Waals surface area contributed by atoms with Crippen LogP contribution in [0.5, 0.6) is 0 Å². The molecule has 1 radical (unpaired) electrons. The van der Waals surface area contributed by atoms with Gasteiger partial charge in [0.1, 0.15) is 0 Å². The van der Waals surface area contributed by atoms with Gasteiger partial charge in [-0.3, -0.25) is 4.98 Å². The first-order chi connectivity index (χ1) is 10.1. The minimum Gasteiger partial charge on any atom is -0.261 e. The van der Waals surface area contributed by atoms with E-state index in [1.54, 1.807) is 0 Å². The normalized spacial score (nSPS) is 15.0. The smallest absolute Gasteiger partial charge is 0.0481 e. The summed E-state index contributed by atoms with van der Waals surface area (Å²) in [6.45, 7) is 8.71. The maximum atomic E-state index is 5.28. The summed E-state index contributed by atoms with van der Waals surface area (Å²) in [5, 5.41) is 0. The predicted molar refractivity (Wildman–Crippen MR) is 90.7 cm³/mol. The van der Waals surface area contributed by atoms with Crippen LogP contribution in [0.15, 0.2) is 17.8 Å². The summed E-state index contributed by atoms with van der Waals surface area (Å²) in [5.41, 5.74) is 7.08. The molecule has 111 valence electrons. The van der Waals surface area contributed by atoms with Crippen LogP contribution in [0.4, 0.5) is 0 Å². The molecule has 1 unspecified atom stereocenters. The van der Waals surface area contributed by atoms with Gasteiger partial charge in [-0.1, -0.05) is 18.9 Å². The average molecular weight is 280 g/mol. The number of allylic oxidation sites excluding steroid dienone is 2. The van der Waals surface area contributed by atoms with E-state index < -0.39 is 0 Å². The summed E-state index contributed by atoms with van der Waals surface area (Å²) in [7, 11) is 0. The van der Waals surface area contributed by atoms with Crippen molar-refractivity contribution in [3.63, 3.8) is 0 Å². The maximum Gasteiger partial charge on any atom is 0.0481 e. The molecule has 1 heterocycles. The third-order valence-corrected chi connectivity index (χ3v) is 4.55. The average Bonchev–Trinajstić information content (AvgIpc) is 2.75. The fraction of sp³-hybridized carbons (Fsp3) is 0.500. The lowest BCUT2D eigenvalue weighted by Gasteiger charge is -2.12. The number of nitrogens with zero attached hydrogens (tertiary/aromatic N) is 1. The fourth-order valence-corrected chi connectivity index (χ4v) is 3.17. The Balaban J connectivity index is 1.88. The van der Waals surface area contributed by atoms with Gasteiger partial charge in [0.2, 0.25) is 0 Å². The summed E-state index contributed by atoms with van der Waals surface area (Å²) in [6.07, 6.45) is 14.9. The lowest BCUT2D eigenvalue weighted by Crippen LogP contribution is -2.01. The van der Waals surface area contributed by atoms with Crippen molar-refractivity contribution in [3.05, 3.63) is 41.6 Å². The highest BCUT2D eigenvalue weighted by Gasteiger charge is 2.19. The van der Waals surface area contributed by atoms with Crippen molar-refractivity contribution in [2.75, 3.05) is 0 Å². The van der Waals surface area contributed by atoms with Gasteiger partial charge in [-0.25, -0.2) is 0 Å². The van der Waals surface area contributed by atoms with Gasteiger partial charge in [-0.2, -0.15) is 0 Å². The highest BCUT2D eigenvalue weighted by molar-refractivity contribution is 5.75. The van der Waals surface area contributed by atoms with Crippen LogP contribution < -0.4 is 0 Å². The molecule has 0 N–H and O–H groups in total. The predicted octanol–water partition coefficient (Wildman–Crippen LogP) is 5.01. The van der Waals surface area contributed by atoms with Crippen molar-refractivity contribution >= 4 is 5.57 Å². The van der Waals surface area contributed by atoms with Gasteiger partial charge < -0.3 is 0 Å². The summed E-state index contributed by atoms with van der Waals surface area (Å²) in [5.74, 6) is 3.22. The number of aryl methyl sites for hydroxylation is 1. The Bertz CT molecular complexity index is 560. The van der Waals surface area contributed by atoms with Crippen molar-refractivity contribution in [2.24, 2.45) is 5.92 Å². The molecule has 0 fully saturated rings. The first kappa shape index (κ1) is 15.8. The third-order valence-electron chi connectivity index (χ3n) is 4.55. The van der Waals surface area contributed by atoms with Crippen LogP contribution in [0, 0.1) is 25.2 Å². The second-order valence-corrected chi connectivity index (χ2v) is 6.23. The van der Waals surface area contributed by atoms with Gasteiger partial charge in [0.25, 0.3) is 0 Å². The molecular weight excluding hydrogens is 254 g/mol. The Morgan fingerprint density at radius 2 is 2.10 bits per heavy atom. The molecule has 0 saturated heterocycles. The number of unbranched alkanes of at least 4 members (excludes halogenated alkanes) is 1. The standard InChI is InChI=1S/C20H26N/c1-5-6-7-9-15(2)10-8-11-19-20-17(4)16(3)14-18(20)12-13-21-19/h1,12-13,15H,2,6-11,14H2,3-4H3. The van der Waals surface area contributed by atoms with Crippen LogP contribution in [-0.2, 0) is 12.8 Å². The van der Waals surface area contributed by atoms with E-state index in [1.165, 1.54) is 34.4 Å². The third kappa shape index (κ3) is 3.97. The van der Waals surface area contributed by atoms with E-state index in [0.29, 0.717) is 5.92 Å². The van der Waals surface area contributed by atoms with E-state index in [9.17, 15) is 0 Å². The summed E-state index contributed by atoms with van der Waals surface area (Å²) in [6, 6.07) is 2.17. The molecule has 0 spiro atoms. The van der Waals surface area contributed by atoms with Crippen LogP contribution in [-0.4, -0.2) is 4.98 Å². The zero-order valence-electron chi connectivity index (χ0n) is 13.4. The summed E-state index contributed by atoms with van der Waals surface area (Å²) in [4.78, 5) is 4.63. The number of pyridine rings is 1. The lowest BCUT2D eigenvalue weighted by molar-refractivity contribution is 0.503. The topological polar surface area (TPSA) is 12.9 Å².